The molecule has 36 heavy (non-hydrogen) atoms. The Bertz CT molecular complexity index is 904. The first-order chi connectivity index (χ1) is 17.1. The number of urea groups is 1. The Kier molecular flexibility index (Phi) is 11.0. The van der Waals surface area contributed by atoms with Gasteiger partial charge in [0.05, 0.1) is 26.4 Å². The minimum Gasteiger partial charge on any atom is -0.507 e. The lowest BCUT2D eigenvalue weighted by atomic mass is 9.72. The number of nitrogens with zero attached hydrogens (tertiary/aromatic N) is 1. The molecule has 0 aliphatic heterocycles. The predicted octanol–water partition coefficient (Wildman–Crippen LogP) is 3.65. The highest BCUT2D eigenvalue weighted by molar-refractivity contribution is 5.73. The van der Waals surface area contributed by atoms with Crippen molar-refractivity contribution in [3.8, 4) is 11.5 Å². The second-order valence-electron chi connectivity index (χ2n) is 9.23. The van der Waals surface area contributed by atoms with E-state index in [1.807, 2.05) is 24.3 Å². The molecule has 2 rings (SSSR count). The van der Waals surface area contributed by atoms with Gasteiger partial charge in [-0.25, -0.2) is 4.79 Å². The lowest BCUT2D eigenvalue weighted by Gasteiger charge is -2.34. The van der Waals surface area contributed by atoms with Gasteiger partial charge in [-0.05, 0) is 41.8 Å². The third kappa shape index (κ3) is 6.88. The van der Waals surface area contributed by atoms with Crippen molar-refractivity contribution in [3.63, 3.8) is 0 Å². The molecule has 3 N–H and O–H groups in total. The first kappa shape index (κ1) is 29.4. The van der Waals surface area contributed by atoms with Gasteiger partial charge in [0.25, 0.3) is 0 Å². The number of phenols is 2. The molecule has 2 aromatic carbocycles. The highest BCUT2D eigenvalue weighted by Crippen LogP contribution is 2.41. The molecular formula is C27H40N2O7. The van der Waals surface area contributed by atoms with Crippen LogP contribution in [0.3, 0.4) is 0 Å². The highest BCUT2D eigenvalue weighted by Gasteiger charge is 2.32. The number of benzene rings is 2. The number of phenolic OH excluding ortho intramolecular Hbond substituents is 2. The molecule has 200 valence electrons. The van der Waals surface area contributed by atoms with Crippen molar-refractivity contribution < 1.29 is 34.0 Å². The maximum atomic E-state index is 12.2. The van der Waals surface area contributed by atoms with Crippen molar-refractivity contribution in [1.82, 2.24) is 10.2 Å². The number of nitrogens with one attached hydrogen (secondary N) is 1. The Morgan fingerprint density at radius 2 is 1.11 bits per heavy atom. The molecular weight excluding hydrogens is 464 g/mol. The zero-order valence-corrected chi connectivity index (χ0v) is 22.4. The second kappa shape index (κ2) is 13.5. The van der Waals surface area contributed by atoms with Crippen LogP contribution in [0, 0.1) is 0 Å². The highest BCUT2D eigenvalue weighted by atomic mass is 16.5. The summed E-state index contributed by atoms with van der Waals surface area (Å²) in [6.45, 7) is 3.38. The topological polar surface area (TPSA) is 110 Å². The minimum atomic E-state index is -0.628. The van der Waals surface area contributed by atoms with E-state index in [4.69, 9.17) is 18.9 Å². The van der Waals surface area contributed by atoms with Crippen molar-refractivity contribution in [2.45, 2.75) is 45.2 Å². The van der Waals surface area contributed by atoms with Crippen LogP contribution in [0.25, 0.3) is 0 Å². The van der Waals surface area contributed by atoms with E-state index in [1.54, 1.807) is 42.5 Å². The summed E-state index contributed by atoms with van der Waals surface area (Å²) in [4.78, 5) is 13.7. The van der Waals surface area contributed by atoms with Gasteiger partial charge in [0.2, 0.25) is 0 Å². The van der Waals surface area contributed by atoms with Crippen LogP contribution in [0.4, 0.5) is 4.79 Å². The predicted molar refractivity (Wildman–Crippen MR) is 137 cm³/mol. The molecule has 0 fully saturated rings. The Morgan fingerprint density at radius 1 is 0.778 bits per heavy atom. The van der Waals surface area contributed by atoms with Gasteiger partial charge in [0, 0.05) is 76.7 Å². The largest absolute Gasteiger partial charge is 0.507 e. The summed E-state index contributed by atoms with van der Waals surface area (Å²) in [5.41, 5.74) is 3.75. The zero-order chi connectivity index (χ0) is 26.9. The van der Waals surface area contributed by atoms with E-state index in [-0.39, 0.29) is 44.0 Å². The first-order valence-electron chi connectivity index (χ1n) is 11.7. The van der Waals surface area contributed by atoms with Crippen molar-refractivity contribution in [1.29, 1.82) is 0 Å². The van der Waals surface area contributed by atoms with Gasteiger partial charge < -0.3 is 39.4 Å². The van der Waals surface area contributed by atoms with Crippen LogP contribution in [0.5, 0.6) is 11.5 Å². The molecule has 0 aliphatic carbocycles. The molecule has 0 aromatic heterocycles. The zero-order valence-electron chi connectivity index (χ0n) is 22.4. The average Bonchev–Trinajstić information content (AvgIpc) is 2.84. The third-order valence-corrected chi connectivity index (χ3v) is 6.32. The number of ether oxygens (including phenoxy) is 4. The molecule has 0 radical (unpaired) electrons. The van der Waals surface area contributed by atoms with Crippen LogP contribution in [0.2, 0.25) is 0 Å². The van der Waals surface area contributed by atoms with E-state index in [0.717, 1.165) is 11.1 Å². The van der Waals surface area contributed by atoms with Crippen LogP contribution >= 0.6 is 0 Å². The van der Waals surface area contributed by atoms with Crippen LogP contribution < -0.4 is 5.32 Å². The molecule has 0 aliphatic rings. The summed E-state index contributed by atoms with van der Waals surface area (Å²) in [5.74, 6) is 0.271. The molecule has 0 saturated heterocycles. The number of methoxy groups -OCH3 is 4. The van der Waals surface area contributed by atoms with E-state index >= 15 is 0 Å². The first-order valence-corrected chi connectivity index (χ1v) is 11.7. The van der Waals surface area contributed by atoms with Crippen LogP contribution in [0.15, 0.2) is 24.3 Å². The molecule has 0 heterocycles. The number of rotatable bonds is 13. The van der Waals surface area contributed by atoms with Gasteiger partial charge in [0.1, 0.15) is 11.5 Å². The van der Waals surface area contributed by atoms with Crippen molar-refractivity contribution in [2.24, 2.45) is 0 Å². The van der Waals surface area contributed by atoms with Crippen LogP contribution in [-0.4, -0.2) is 70.2 Å². The Hall–Kier alpha value is -2.85. The molecule has 0 spiro atoms. The summed E-state index contributed by atoms with van der Waals surface area (Å²) < 4.78 is 21.4. The van der Waals surface area contributed by atoms with E-state index in [1.165, 1.54) is 4.90 Å². The van der Waals surface area contributed by atoms with Gasteiger partial charge in [-0.3, -0.25) is 0 Å². The molecule has 9 nitrogen and oxygen atoms in total. The number of hydrogen-bond acceptors (Lipinski definition) is 7. The Balaban J connectivity index is 2.74. The normalized spacial score (nSPS) is 11.5. The number of carbonyl (C=O) groups excluding carboxylic acids is 1. The standard InChI is InChI=1S/C27H40N2O7/c1-27(8-9-28-26(32)29(2)3,22-10-18(14-33-4)24(30)19(11-22)15-34-5)23-12-20(16-35-6)25(31)21(13-23)17-36-7/h10-13,30-31H,8-9,14-17H2,1-7H3,(H,28,32). The summed E-state index contributed by atoms with van der Waals surface area (Å²) in [5, 5.41) is 24.5. The lowest BCUT2D eigenvalue weighted by Crippen LogP contribution is -2.38. The lowest BCUT2D eigenvalue weighted by molar-refractivity contribution is 0.174. The summed E-state index contributed by atoms with van der Waals surface area (Å²) in [7, 11) is 9.68. The summed E-state index contributed by atoms with van der Waals surface area (Å²) >= 11 is 0. The molecule has 0 bridgehead atoms. The third-order valence-electron chi connectivity index (χ3n) is 6.32. The smallest absolute Gasteiger partial charge is 0.316 e. The quantitative estimate of drug-likeness (QED) is 0.382. The summed E-state index contributed by atoms with van der Waals surface area (Å²) in [6.07, 6.45) is 0.541. The van der Waals surface area contributed by atoms with Crippen LogP contribution in [-0.2, 0) is 50.8 Å². The number of amides is 2. The Morgan fingerprint density at radius 3 is 1.39 bits per heavy atom. The SMILES string of the molecule is COCc1cc(C(C)(CCNC(=O)N(C)C)c2cc(COC)c(O)c(COC)c2)cc(COC)c1O. The van der Waals surface area contributed by atoms with Crippen molar-refractivity contribution in [3.05, 3.63) is 57.6 Å². The number of aromatic hydroxyl groups is 2. The Labute approximate surface area is 213 Å². The maximum absolute atomic E-state index is 12.2. The van der Waals surface area contributed by atoms with E-state index in [9.17, 15) is 15.0 Å². The number of carbonyl (C=O) groups is 1. The molecule has 9 heteroatoms. The van der Waals surface area contributed by atoms with Gasteiger partial charge >= 0.3 is 6.03 Å². The number of hydrogen-bond donors (Lipinski definition) is 3. The fourth-order valence-corrected chi connectivity index (χ4v) is 4.25. The average molecular weight is 505 g/mol. The van der Waals surface area contributed by atoms with E-state index < -0.39 is 5.41 Å². The molecule has 0 unspecified atom stereocenters. The summed E-state index contributed by atoms with van der Waals surface area (Å²) in [6, 6.07) is 7.50. The van der Waals surface area contributed by atoms with Gasteiger partial charge in [-0.1, -0.05) is 6.92 Å². The minimum absolute atomic E-state index is 0.136. The second-order valence-corrected chi connectivity index (χ2v) is 9.23. The van der Waals surface area contributed by atoms with Gasteiger partial charge in [0.15, 0.2) is 0 Å². The van der Waals surface area contributed by atoms with Gasteiger partial charge in [-0.2, -0.15) is 0 Å². The fraction of sp³-hybridized carbons (Fsp3) is 0.519. The fourth-order valence-electron chi connectivity index (χ4n) is 4.25. The van der Waals surface area contributed by atoms with Crippen molar-refractivity contribution in [2.75, 3.05) is 49.1 Å². The van der Waals surface area contributed by atoms with Crippen LogP contribution in [0.1, 0.15) is 46.7 Å². The monoisotopic (exact) mass is 504 g/mol. The molecule has 0 atom stereocenters. The van der Waals surface area contributed by atoms with Gasteiger partial charge in [-0.15, -0.1) is 0 Å². The van der Waals surface area contributed by atoms with Crippen molar-refractivity contribution >= 4 is 6.03 Å². The molecule has 2 amide bonds. The van der Waals surface area contributed by atoms with E-state index in [2.05, 4.69) is 12.2 Å². The molecule has 0 saturated carbocycles. The van der Waals surface area contributed by atoms with E-state index in [0.29, 0.717) is 35.2 Å². The maximum Gasteiger partial charge on any atom is 0.316 e. The molecule has 2 aromatic rings.